The topological polar surface area (TPSA) is 54.5 Å². The third kappa shape index (κ3) is 4.07. The summed E-state index contributed by atoms with van der Waals surface area (Å²) in [7, 11) is -3.04. The second-order valence-electron chi connectivity index (χ2n) is 6.41. The van der Waals surface area contributed by atoms with Gasteiger partial charge in [-0.15, -0.1) is 0 Å². The predicted octanol–water partition coefficient (Wildman–Crippen LogP) is 3.14. The SMILES string of the molecule is CS(=O)(=O)C1CCN(C(=O)c2ccc(-c3ccc(F)cc3)cc2)CC1. The van der Waals surface area contributed by atoms with E-state index in [0.29, 0.717) is 31.5 Å². The van der Waals surface area contributed by atoms with Gasteiger partial charge in [0.25, 0.3) is 5.91 Å². The molecule has 1 aliphatic heterocycles. The quantitative estimate of drug-likeness (QED) is 0.844. The molecule has 0 atom stereocenters. The lowest BCUT2D eigenvalue weighted by atomic mass is 10.0. The number of hydrogen-bond donors (Lipinski definition) is 0. The van der Waals surface area contributed by atoms with Crippen molar-refractivity contribution in [1.29, 1.82) is 0 Å². The Balaban J connectivity index is 1.68. The van der Waals surface area contributed by atoms with Crippen LogP contribution in [0.5, 0.6) is 0 Å². The highest BCUT2D eigenvalue weighted by molar-refractivity contribution is 7.91. The van der Waals surface area contributed by atoms with Crippen molar-refractivity contribution in [2.45, 2.75) is 18.1 Å². The average Bonchev–Trinajstić information content (AvgIpc) is 2.61. The Labute approximate surface area is 147 Å². The molecule has 1 heterocycles. The minimum absolute atomic E-state index is 0.0855. The van der Waals surface area contributed by atoms with Gasteiger partial charge in [-0.25, -0.2) is 12.8 Å². The number of rotatable bonds is 3. The highest BCUT2D eigenvalue weighted by atomic mass is 32.2. The molecule has 2 aromatic carbocycles. The van der Waals surface area contributed by atoms with Crippen LogP contribution in [0.2, 0.25) is 0 Å². The van der Waals surface area contributed by atoms with Crippen LogP contribution < -0.4 is 0 Å². The van der Waals surface area contributed by atoms with Crippen molar-refractivity contribution in [2.75, 3.05) is 19.3 Å². The van der Waals surface area contributed by atoms with Crippen LogP contribution in [-0.2, 0) is 9.84 Å². The van der Waals surface area contributed by atoms with Gasteiger partial charge >= 0.3 is 0 Å². The van der Waals surface area contributed by atoms with Crippen LogP contribution in [0, 0.1) is 5.82 Å². The Morgan fingerprint density at radius 3 is 1.92 bits per heavy atom. The maximum atomic E-state index is 13.0. The van der Waals surface area contributed by atoms with Crippen molar-refractivity contribution in [3.05, 3.63) is 59.9 Å². The Kier molecular flexibility index (Phi) is 4.90. The van der Waals surface area contributed by atoms with Gasteiger partial charge in [0.05, 0.1) is 5.25 Å². The Hall–Kier alpha value is -2.21. The van der Waals surface area contributed by atoms with Crippen molar-refractivity contribution < 1.29 is 17.6 Å². The van der Waals surface area contributed by atoms with Crippen LogP contribution in [0.1, 0.15) is 23.2 Å². The third-order valence-electron chi connectivity index (χ3n) is 4.64. The number of hydrogen-bond acceptors (Lipinski definition) is 3. The van der Waals surface area contributed by atoms with Gasteiger partial charge in [0.15, 0.2) is 0 Å². The van der Waals surface area contributed by atoms with Gasteiger partial charge in [-0.3, -0.25) is 4.79 Å². The van der Waals surface area contributed by atoms with Crippen molar-refractivity contribution in [1.82, 2.24) is 4.90 Å². The van der Waals surface area contributed by atoms with Gasteiger partial charge in [-0.2, -0.15) is 0 Å². The lowest BCUT2D eigenvalue weighted by Gasteiger charge is -2.31. The first kappa shape index (κ1) is 17.6. The van der Waals surface area contributed by atoms with Gasteiger partial charge in [-0.05, 0) is 48.2 Å². The first-order chi connectivity index (χ1) is 11.8. The van der Waals surface area contributed by atoms with Gasteiger partial charge in [0.1, 0.15) is 15.7 Å². The molecule has 0 unspecified atom stereocenters. The second kappa shape index (κ2) is 6.96. The molecule has 1 amide bonds. The Morgan fingerprint density at radius 1 is 0.960 bits per heavy atom. The summed E-state index contributed by atoms with van der Waals surface area (Å²) in [4.78, 5) is 14.3. The summed E-state index contributed by atoms with van der Waals surface area (Å²) in [6, 6.07) is 13.4. The molecule has 0 radical (unpaired) electrons. The molecule has 0 aromatic heterocycles. The van der Waals surface area contributed by atoms with Crippen LogP contribution in [0.15, 0.2) is 48.5 Å². The number of halogens is 1. The van der Waals surface area contributed by atoms with Gasteiger partial charge in [0.2, 0.25) is 0 Å². The number of likely N-dealkylation sites (tertiary alicyclic amines) is 1. The number of amides is 1. The Morgan fingerprint density at radius 2 is 1.44 bits per heavy atom. The summed E-state index contributed by atoms with van der Waals surface area (Å²) in [6.07, 6.45) is 2.22. The van der Waals surface area contributed by atoms with Crippen molar-refractivity contribution in [3.63, 3.8) is 0 Å². The minimum Gasteiger partial charge on any atom is -0.339 e. The van der Waals surface area contributed by atoms with Crippen molar-refractivity contribution >= 4 is 15.7 Å². The van der Waals surface area contributed by atoms with E-state index in [0.717, 1.165) is 11.1 Å². The van der Waals surface area contributed by atoms with Crippen molar-refractivity contribution in [2.24, 2.45) is 0 Å². The maximum Gasteiger partial charge on any atom is 0.253 e. The average molecular weight is 361 g/mol. The summed E-state index contributed by atoms with van der Waals surface area (Å²) >= 11 is 0. The normalized spacial score (nSPS) is 16.0. The number of sulfone groups is 1. The molecule has 1 saturated heterocycles. The molecule has 6 heteroatoms. The monoisotopic (exact) mass is 361 g/mol. The van der Waals surface area contributed by atoms with Crippen LogP contribution in [0.4, 0.5) is 4.39 Å². The first-order valence-electron chi connectivity index (χ1n) is 8.19. The van der Waals surface area contributed by atoms with E-state index in [2.05, 4.69) is 0 Å². The molecule has 0 saturated carbocycles. The lowest BCUT2D eigenvalue weighted by Crippen LogP contribution is -2.42. The summed E-state index contributed by atoms with van der Waals surface area (Å²) in [5.41, 5.74) is 2.37. The fourth-order valence-corrected chi connectivity index (χ4v) is 4.18. The molecule has 3 rings (SSSR count). The molecule has 0 aliphatic carbocycles. The Bertz CT molecular complexity index is 853. The van der Waals surface area contributed by atoms with E-state index in [1.807, 2.05) is 12.1 Å². The standard InChI is InChI=1S/C19H20FNO3S/c1-25(23,24)18-10-12-21(13-11-18)19(22)16-4-2-14(3-5-16)15-6-8-17(20)9-7-15/h2-9,18H,10-13H2,1H3. The molecule has 2 aromatic rings. The number of nitrogens with zero attached hydrogens (tertiary/aromatic N) is 1. The van der Waals surface area contributed by atoms with Crippen LogP contribution in [-0.4, -0.2) is 43.8 Å². The highest BCUT2D eigenvalue weighted by Crippen LogP contribution is 2.22. The number of carbonyl (C=O) groups excluding carboxylic acids is 1. The number of benzene rings is 2. The third-order valence-corrected chi connectivity index (χ3v) is 6.33. The summed E-state index contributed by atoms with van der Waals surface area (Å²) in [5.74, 6) is -0.370. The number of piperidine rings is 1. The van der Waals surface area contributed by atoms with E-state index in [1.54, 1.807) is 29.2 Å². The second-order valence-corrected chi connectivity index (χ2v) is 8.73. The van der Waals surface area contributed by atoms with E-state index in [1.165, 1.54) is 18.4 Å². The first-order valence-corrected chi connectivity index (χ1v) is 10.1. The zero-order chi connectivity index (χ0) is 18.0. The molecule has 1 aliphatic rings. The van der Waals surface area contributed by atoms with Gasteiger partial charge in [-0.1, -0.05) is 24.3 Å². The van der Waals surface area contributed by atoms with Gasteiger partial charge in [0, 0.05) is 24.9 Å². The summed E-state index contributed by atoms with van der Waals surface area (Å²) < 4.78 is 36.2. The molecule has 0 N–H and O–H groups in total. The van der Waals surface area contributed by atoms with Crippen LogP contribution in [0.3, 0.4) is 0 Å². The molecule has 1 fully saturated rings. The molecule has 0 spiro atoms. The van der Waals surface area contributed by atoms with E-state index in [4.69, 9.17) is 0 Å². The molecular weight excluding hydrogens is 341 g/mol. The van der Waals surface area contributed by atoms with Crippen molar-refractivity contribution in [3.8, 4) is 11.1 Å². The lowest BCUT2D eigenvalue weighted by molar-refractivity contribution is 0.0726. The predicted molar refractivity (Wildman–Crippen MR) is 95.6 cm³/mol. The highest BCUT2D eigenvalue weighted by Gasteiger charge is 2.29. The van der Waals surface area contributed by atoms with Crippen LogP contribution >= 0.6 is 0 Å². The van der Waals surface area contributed by atoms with Crippen LogP contribution in [0.25, 0.3) is 11.1 Å². The smallest absolute Gasteiger partial charge is 0.253 e. The molecular formula is C19H20FNO3S. The zero-order valence-corrected chi connectivity index (χ0v) is 14.8. The maximum absolute atomic E-state index is 13.0. The largest absolute Gasteiger partial charge is 0.339 e. The molecule has 132 valence electrons. The molecule has 4 nitrogen and oxygen atoms in total. The van der Waals surface area contributed by atoms with E-state index >= 15 is 0 Å². The fraction of sp³-hybridized carbons (Fsp3) is 0.316. The summed E-state index contributed by atoms with van der Waals surface area (Å²) in [5, 5.41) is -0.350. The summed E-state index contributed by atoms with van der Waals surface area (Å²) in [6.45, 7) is 0.909. The van der Waals surface area contributed by atoms with E-state index < -0.39 is 9.84 Å². The van der Waals surface area contributed by atoms with E-state index in [9.17, 15) is 17.6 Å². The van der Waals surface area contributed by atoms with Gasteiger partial charge < -0.3 is 4.90 Å². The fourth-order valence-electron chi connectivity index (χ4n) is 3.12. The minimum atomic E-state index is -3.04. The molecule has 0 bridgehead atoms. The number of carbonyl (C=O) groups is 1. The molecule has 25 heavy (non-hydrogen) atoms. The van der Waals surface area contributed by atoms with E-state index in [-0.39, 0.29) is 17.0 Å². The zero-order valence-electron chi connectivity index (χ0n) is 14.0.